The van der Waals surface area contributed by atoms with Crippen molar-refractivity contribution in [2.75, 3.05) is 0 Å². The maximum atomic E-state index is 12.6. The molecule has 1 N–H and O–H groups in total. The lowest BCUT2D eigenvalue weighted by Gasteiger charge is -2.34. The lowest BCUT2D eigenvalue weighted by Crippen LogP contribution is -2.52. The highest BCUT2D eigenvalue weighted by Gasteiger charge is 2.75. The molecule has 22 heavy (non-hydrogen) atoms. The molecule has 2 bridgehead atoms. The van der Waals surface area contributed by atoms with Crippen molar-refractivity contribution in [3.8, 4) is 0 Å². The molecule has 1 aromatic rings. The standard InChI is InChI=1S/C15H17IN2O4/c1-13(2)14(3)6-7-15(13,22-12(14)20)11(19)18-17-8-9-4-5-10(16)21-9/h4-5,8H,6-7H2,1-3H3,(H,18,19)/b17-8+. The average molecular weight is 416 g/mol. The fourth-order valence-corrected chi connectivity index (χ4v) is 3.82. The summed E-state index contributed by atoms with van der Waals surface area (Å²) in [5.41, 5.74) is 0.147. The molecule has 2 atom stereocenters. The van der Waals surface area contributed by atoms with Crippen LogP contribution in [0.5, 0.6) is 0 Å². The van der Waals surface area contributed by atoms with Gasteiger partial charge in [0.15, 0.2) is 9.37 Å². The van der Waals surface area contributed by atoms with Gasteiger partial charge in [-0.2, -0.15) is 5.10 Å². The number of ether oxygens (including phenoxy) is 1. The van der Waals surface area contributed by atoms with E-state index in [2.05, 4.69) is 10.5 Å². The number of fused-ring (bicyclic) bond motifs is 2. The van der Waals surface area contributed by atoms with Gasteiger partial charge in [-0.1, -0.05) is 13.8 Å². The van der Waals surface area contributed by atoms with Gasteiger partial charge in [0.2, 0.25) is 0 Å². The number of carbonyl (C=O) groups excluding carboxylic acids is 2. The quantitative estimate of drug-likeness (QED) is 0.355. The van der Waals surface area contributed by atoms with Gasteiger partial charge >= 0.3 is 5.97 Å². The smallest absolute Gasteiger partial charge is 0.313 e. The van der Waals surface area contributed by atoms with E-state index >= 15 is 0 Å². The number of furan rings is 1. The van der Waals surface area contributed by atoms with E-state index in [0.29, 0.717) is 18.6 Å². The first-order valence-corrected chi connectivity index (χ1v) is 8.13. The number of halogens is 1. The van der Waals surface area contributed by atoms with Crippen molar-refractivity contribution in [2.45, 2.75) is 39.2 Å². The van der Waals surface area contributed by atoms with Crippen LogP contribution in [0.15, 0.2) is 21.7 Å². The monoisotopic (exact) mass is 416 g/mol. The summed E-state index contributed by atoms with van der Waals surface area (Å²) in [4.78, 5) is 24.7. The number of hydrazone groups is 1. The molecule has 2 fully saturated rings. The Bertz CT molecular complexity index is 681. The Morgan fingerprint density at radius 2 is 2.09 bits per heavy atom. The summed E-state index contributed by atoms with van der Waals surface area (Å²) in [6, 6.07) is 3.55. The summed E-state index contributed by atoms with van der Waals surface area (Å²) in [7, 11) is 0. The lowest BCUT2D eigenvalue weighted by atomic mass is 9.66. The van der Waals surface area contributed by atoms with Crippen LogP contribution in [0, 0.1) is 14.6 Å². The Kier molecular flexibility index (Phi) is 3.39. The lowest BCUT2D eigenvalue weighted by molar-refractivity contribution is -0.168. The van der Waals surface area contributed by atoms with E-state index < -0.39 is 16.4 Å². The minimum Gasteiger partial charge on any atom is -0.449 e. The Morgan fingerprint density at radius 3 is 2.59 bits per heavy atom. The van der Waals surface area contributed by atoms with Crippen LogP contribution in [0.1, 0.15) is 39.4 Å². The molecular weight excluding hydrogens is 399 g/mol. The first-order valence-electron chi connectivity index (χ1n) is 7.05. The van der Waals surface area contributed by atoms with Crippen LogP contribution >= 0.6 is 22.6 Å². The highest BCUT2D eigenvalue weighted by molar-refractivity contribution is 14.1. The zero-order chi connectivity index (χ0) is 16.2. The van der Waals surface area contributed by atoms with Crippen LogP contribution < -0.4 is 5.43 Å². The highest BCUT2D eigenvalue weighted by Crippen LogP contribution is 2.65. The van der Waals surface area contributed by atoms with Crippen LogP contribution in [0.3, 0.4) is 0 Å². The summed E-state index contributed by atoms with van der Waals surface area (Å²) in [5, 5.41) is 3.91. The van der Waals surface area contributed by atoms with E-state index in [1.807, 2.05) is 43.4 Å². The predicted octanol–water partition coefficient (Wildman–Crippen LogP) is 2.46. The third-order valence-electron chi connectivity index (χ3n) is 5.40. The molecule has 0 aromatic carbocycles. The zero-order valence-corrected chi connectivity index (χ0v) is 14.8. The largest absolute Gasteiger partial charge is 0.449 e. The van der Waals surface area contributed by atoms with E-state index in [4.69, 9.17) is 9.15 Å². The van der Waals surface area contributed by atoms with Crippen LogP contribution in [-0.2, 0) is 14.3 Å². The molecule has 2 heterocycles. The molecule has 0 spiro atoms. The molecule has 1 saturated heterocycles. The van der Waals surface area contributed by atoms with Crippen molar-refractivity contribution in [1.29, 1.82) is 0 Å². The van der Waals surface area contributed by atoms with E-state index in [9.17, 15) is 9.59 Å². The van der Waals surface area contributed by atoms with Crippen molar-refractivity contribution in [1.82, 2.24) is 5.43 Å². The fraction of sp³-hybridized carbons (Fsp3) is 0.533. The number of hydrogen-bond donors (Lipinski definition) is 1. The van der Waals surface area contributed by atoms with Gasteiger partial charge in [0, 0.05) is 5.41 Å². The number of nitrogens with one attached hydrogen (secondary N) is 1. The van der Waals surface area contributed by atoms with Crippen molar-refractivity contribution >= 4 is 40.7 Å². The Hall–Kier alpha value is -1.38. The second-order valence-electron chi connectivity index (χ2n) is 6.51. The Balaban J connectivity index is 1.78. The molecule has 118 valence electrons. The maximum Gasteiger partial charge on any atom is 0.313 e. The minimum atomic E-state index is -1.15. The molecule has 0 radical (unpaired) electrons. The van der Waals surface area contributed by atoms with Crippen molar-refractivity contribution < 1.29 is 18.7 Å². The van der Waals surface area contributed by atoms with E-state index in [1.54, 1.807) is 12.1 Å². The van der Waals surface area contributed by atoms with Gasteiger partial charge in [-0.25, -0.2) is 5.43 Å². The first kappa shape index (κ1) is 15.5. The molecule has 1 aliphatic heterocycles. The van der Waals surface area contributed by atoms with Gasteiger partial charge in [0.25, 0.3) is 5.91 Å². The number of amides is 1. The number of rotatable bonds is 3. The summed E-state index contributed by atoms with van der Waals surface area (Å²) >= 11 is 2.05. The topological polar surface area (TPSA) is 80.9 Å². The fourth-order valence-electron chi connectivity index (χ4n) is 3.39. The van der Waals surface area contributed by atoms with E-state index in [-0.39, 0.29) is 11.9 Å². The summed E-state index contributed by atoms with van der Waals surface area (Å²) in [5.74, 6) is -0.144. The third-order valence-corrected chi connectivity index (χ3v) is 5.98. The predicted molar refractivity (Wildman–Crippen MR) is 87.1 cm³/mol. The average Bonchev–Trinajstić information content (AvgIpc) is 2.99. The number of hydrogen-bond acceptors (Lipinski definition) is 5. The minimum absolute atomic E-state index is 0.302. The summed E-state index contributed by atoms with van der Waals surface area (Å²) < 4.78 is 11.5. The van der Waals surface area contributed by atoms with Crippen LogP contribution in [0.25, 0.3) is 0 Å². The Labute approximate surface area is 141 Å². The summed E-state index contributed by atoms with van der Waals surface area (Å²) in [6.07, 6.45) is 2.59. The first-order chi connectivity index (χ1) is 10.2. The van der Waals surface area contributed by atoms with E-state index in [0.717, 1.165) is 3.77 Å². The third kappa shape index (κ3) is 1.87. The molecule has 1 amide bonds. The molecule has 2 aliphatic rings. The number of carbonyl (C=O) groups is 2. The van der Waals surface area contributed by atoms with Gasteiger partial charge in [-0.05, 0) is 54.5 Å². The molecule has 6 nitrogen and oxygen atoms in total. The van der Waals surface area contributed by atoms with Crippen LogP contribution in [-0.4, -0.2) is 23.7 Å². The second-order valence-corrected chi connectivity index (χ2v) is 7.58. The van der Waals surface area contributed by atoms with Gasteiger partial charge in [-0.3, -0.25) is 9.59 Å². The molecule has 2 unspecified atom stereocenters. The van der Waals surface area contributed by atoms with Crippen LogP contribution in [0.2, 0.25) is 0 Å². The molecule has 1 aliphatic carbocycles. The normalized spacial score (nSPS) is 32.5. The molecule has 1 aromatic heterocycles. The van der Waals surface area contributed by atoms with E-state index in [1.165, 1.54) is 6.21 Å². The molecule has 7 heteroatoms. The molecule has 1 saturated carbocycles. The highest BCUT2D eigenvalue weighted by atomic mass is 127. The van der Waals surface area contributed by atoms with Gasteiger partial charge in [0.05, 0.1) is 11.6 Å². The Morgan fingerprint density at radius 1 is 1.36 bits per heavy atom. The SMILES string of the molecule is CC12CCC(C(=O)N/N=C/c3ccc(I)o3)(OC1=O)C2(C)C. The number of esters is 1. The van der Waals surface area contributed by atoms with Gasteiger partial charge in [-0.15, -0.1) is 0 Å². The van der Waals surface area contributed by atoms with Gasteiger partial charge in [0.1, 0.15) is 5.76 Å². The maximum absolute atomic E-state index is 12.6. The van der Waals surface area contributed by atoms with Crippen molar-refractivity contribution in [3.05, 3.63) is 21.7 Å². The summed E-state index contributed by atoms with van der Waals surface area (Å²) in [6.45, 7) is 5.68. The van der Waals surface area contributed by atoms with Crippen LogP contribution in [0.4, 0.5) is 0 Å². The molecule has 3 rings (SSSR count). The van der Waals surface area contributed by atoms with Crippen molar-refractivity contribution in [2.24, 2.45) is 15.9 Å². The number of nitrogens with zero attached hydrogens (tertiary/aromatic N) is 1. The second kappa shape index (κ2) is 4.81. The zero-order valence-electron chi connectivity index (χ0n) is 12.6. The molecular formula is C15H17IN2O4. The van der Waals surface area contributed by atoms with Gasteiger partial charge < -0.3 is 9.15 Å². The van der Waals surface area contributed by atoms with Crippen molar-refractivity contribution in [3.63, 3.8) is 0 Å².